The second kappa shape index (κ2) is 11.6. The number of benzene rings is 2. The topological polar surface area (TPSA) is 116 Å². The summed E-state index contributed by atoms with van der Waals surface area (Å²) in [4.78, 5) is 50.2. The molecule has 0 spiro atoms. The van der Waals surface area contributed by atoms with Crippen LogP contribution in [0.1, 0.15) is 36.1 Å². The zero-order valence-electron chi connectivity index (χ0n) is 19.3. The van der Waals surface area contributed by atoms with Gasteiger partial charge in [-0.2, -0.15) is 0 Å². The molecule has 2 unspecified atom stereocenters. The Morgan fingerprint density at radius 3 is 2.40 bits per heavy atom. The Balaban J connectivity index is 0.00000432. The fourth-order valence-electron chi connectivity index (χ4n) is 4.01. The van der Waals surface area contributed by atoms with Crippen LogP contribution in [0.4, 0.5) is 9.18 Å². The number of carbonyl (C=O) groups is 4. The molecule has 0 radical (unpaired) electrons. The van der Waals surface area contributed by atoms with Crippen LogP contribution in [-0.2, 0) is 14.4 Å². The van der Waals surface area contributed by atoms with Crippen LogP contribution in [0.2, 0.25) is 0 Å². The number of likely N-dealkylation sites (N-methyl/N-ethyl adjacent to an activating group) is 1. The van der Waals surface area contributed by atoms with E-state index in [2.05, 4.69) is 10.6 Å². The van der Waals surface area contributed by atoms with E-state index in [0.717, 1.165) is 5.56 Å². The van der Waals surface area contributed by atoms with Crippen molar-refractivity contribution in [2.24, 2.45) is 0 Å². The van der Waals surface area contributed by atoms with Gasteiger partial charge < -0.3 is 20.6 Å². The van der Waals surface area contributed by atoms with Gasteiger partial charge in [0.1, 0.15) is 5.82 Å². The van der Waals surface area contributed by atoms with E-state index in [1.807, 2.05) is 19.1 Å². The Labute approximate surface area is 224 Å². The minimum atomic E-state index is -1.42. The van der Waals surface area contributed by atoms with Crippen molar-refractivity contribution in [1.29, 1.82) is 0 Å². The zero-order chi connectivity index (χ0) is 25.2. The van der Waals surface area contributed by atoms with Gasteiger partial charge in [-0.25, -0.2) is 9.18 Å². The van der Waals surface area contributed by atoms with Crippen LogP contribution in [-0.4, -0.2) is 76.3 Å². The number of amides is 3. The first-order valence-corrected chi connectivity index (χ1v) is 10.6. The van der Waals surface area contributed by atoms with E-state index in [9.17, 15) is 28.7 Å². The van der Waals surface area contributed by atoms with Gasteiger partial charge >= 0.3 is 41.6 Å². The molecule has 0 saturated carbocycles. The second-order valence-corrected chi connectivity index (χ2v) is 8.24. The van der Waals surface area contributed by atoms with Crippen LogP contribution < -0.4 is 10.6 Å². The standard InChI is InChI=1S/C25H26FN3O5.Na.H/c1-13-7-5-6-8-16(13)22-15(3)17(9-10-18(22)26)19(12-21(31)32)27-25(34)28-23-20(30)11-14(2)29(4)24(23)33;;/h5-11,19,23H,12H2,1-4H3,(H,31,32)(H2,27,28,34);;. The molecule has 0 saturated heterocycles. The molecule has 2 atom stereocenters. The van der Waals surface area contributed by atoms with Crippen LogP contribution in [0.25, 0.3) is 11.1 Å². The molecule has 1 aliphatic heterocycles. The van der Waals surface area contributed by atoms with E-state index >= 15 is 0 Å². The first-order chi connectivity index (χ1) is 16.0. The average Bonchev–Trinajstić information content (AvgIpc) is 2.76. The Morgan fingerprint density at radius 1 is 1.11 bits per heavy atom. The number of aryl methyl sites for hydroxylation is 1. The minimum absolute atomic E-state index is 0. The molecule has 8 nitrogen and oxygen atoms in total. The molecule has 1 heterocycles. The van der Waals surface area contributed by atoms with Crippen molar-refractivity contribution >= 4 is 53.2 Å². The van der Waals surface area contributed by atoms with Gasteiger partial charge in [0.15, 0.2) is 11.8 Å². The molecule has 0 fully saturated rings. The van der Waals surface area contributed by atoms with Crippen molar-refractivity contribution in [1.82, 2.24) is 15.5 Å². The fourth-order valence-corrected chi connectivity index (χ4v) is 4.01. The monoisotopic (exact) mass is 491 g/mol. The van der Waals surface area contributed by atoms with Crippen LogP contribution in [0.15, 0.2) is 48.2 Å². The Morgan fingerprint density at radius 2 is 1.77 bits per heavy atom. The number of ketones is 1. The van der Waals surface area contributed by atoms with Crippen molar-refractivity contribution in [3.8, 4) is 11.1 Å². The van der Waals surface area contributed by atoms with Gasteiger partial charge in [0.25, 0.3) is 5.91 Å². The maximum absolute atomic E-state index is 14.8. The van der Waals surface area contributed by atoms with Crippen LogP contribution in [0, 0.1) is 19.7 Å². The molecule has 180 valence electrons. The molecular formula is C25H27FN3NaO5. The molecule has 0 bridgehead atoms. The first-order valence-electron chi connectivity index (χ1n) is 10.6. The number of rotatable bonds is 6. The van der Waals surface area contributed by atoms with Crippen molar-refractivity contribution < 1.29 is 28.7 Å². The van der Waals surface area contributed by atoms with Crippen LogP contribution >= 0.6 is 0 Å². The number of carboxylic acid groups (broad SMARTS) is 1. The third kappa shape index (κ3) is 6.17. The Bertz CT molecular complexity index is 1210. The van der Waals surface area contributed by atoms with E-state index in [1.165, 1.54) is 30.2 Å². The van der Waals surface area contributed by atoms with E-state index in [-0.39, 0.29) is 29.6 Å². The average molecular weight is 491 g/mol. The SMILES string of the molecule is CC1=CC(=O)C(NC(=O)NC(CC(=O)O)c2ccc(F)c(-c3ccccc3C)c2C)C(=O)N1C.[NaH]. The third-order valence-corrected chi connectivity index (χ3v) is 5.95. The van der Waals surface area contributed by atoms with Crippen molar-refractivity contribution in [3.63, 3.8) is 0 Å². The molecule has 0 aliphatic carbocycles. The summed E-state index contributed by atoms with van der Waals surface area (Å²) >= 11 is 0. The molecule has 35 heavy (non-hydrogen) atoms. The van der Waals surface area contributed by atoms with Gasteiger partial charge in [0, 0.05) is 24.4 Å². The summed E-state index contributed by atoms with van der Waals surface area (Å²) in [5.74, 6) is -2.84. The normalized spacial score (nSPS) is 16.2. The van der Waals surface area contributed by atoms with Gasteiger partial charge in [-0.05, 0) is 49.1 Å². The number of hydrogen-bond acceptors (Lipinski definition) is 4. The molecule has 3 rings (SSSR count). The number of nitrogens with one attached hydrogen (secondary N) is 2. The predicted octanol–water partition coefficient (Wildman–Crippen LogP) is 2.59. The van der Waals surface area contributed by atoms with Gasteiger partial charge in [-0.3, -0.25) is 14.4 Å². The van der Waals surface area contributed by atoms with Gasteiger partial charge in [-0.15, -0.1) is 0 Å². The van der Waals surface area contributed by atoms with E-state index in [4.69, 9.17) is 0 Å². The summed E-state index contributed by atoms with van der Waals surface area (Å²) < 4.78 is 14.8. The van der Waals surface area contributed by atoms with E-state index in [0.29, 0.717) is 28.0 Å². The summed E-state index contributed by atoms with van der Waals surface area (Å²) in [5, 5.41) is 14.3. The fraction of sp³-hybridized carbons (Fsp3) is 0.280. The first kappa shape index (κ1) is 28.2. The quantitative estimate of drug-likeness (QED) is 0.424. The number of urea groups is 1. The Kier molecular flexibility index (Phi) is 9.37. The number of aliphatic carboxylic acids is 1. The zero-order valence-corrected chi connectivity index (χ0v) is 19.3. The predicted molar refractivity (Wildman–Crippen MR) is 130 cm³/mol. The van der Waals surface area contributed by atoms with Crippen molar-refractivity contribution in [2.75, 3.05) is 7.05 Å². The van der Waals surface area contributed by atoms with Crippen LogP contribution in [0.5, 0.6) is 0 Å². The second-order valence-electron chi connectivity index (χ2n) is 8.24. The van der Waals surface area contributed by atoms with Gasteiger partial charge in [0.2, 0.25) is 0 Å². The Hall–Kier alpha value is -3.01. The number of hydrogen-bond donors (Lipinski definition) is 3. The molecule has 0 aromatic heterocycles. The van der Waals surface area contributed by atoms with Crippen LogP contribution in [0.3, 0.4) is 0 Å². The van der Waals surface area contributed by atoms with E-state index < -0.39 is 48.0 Å². The van der Waals surface area contributed by atoms with E-state index in [1.54, 1.807) is 26.0 Å². The van der Waals surface area contributed by atoms with Gasteiger partial charge in [0.05, 0.1) is 12.5 Å². The molecule has 10 heteroatoms. The molecule has 3 N–H and O–H groups in total. The number of allylic oxidation sites excluding steroid dienone is 1. The molecular weight excluding hydrogens is 464 g/mol. The summed E-state index contributed by atoms with van der Waals surface area (Å²) in [6.45, 7) is 5.09. The summed E-state index contributed by atoms with van der Waals surface area (Å²) in [7, 11) is 1.48. The third-order valence-electron chi connectivity index (χ3n) is 5.95. The molecule has 2 aromatic carbocycles. The molecule has 2 aromatic rings. The van der Waals surface area contributed by atoms with Crippen molar-refractivity contribution in [3.05, 3.63) is 70.7 Å². The number of nitrogens with zero attached hydrogens (tertiary/aromatic N) is 1. The summed E-state index contributed by atoms with van der Waals surface area (Å²) in [6.07, 6.45) is 0.762. The maximum atomic E-state index is 14.8. The van der Waals surface area contributed by atoms with Crippen molar-refractivity contribution in [2.45, 2.75) is 39.3 Å². The molecule has 1 aliphatic rings. The molecule has 3 amide bonds. The number of carboxylic acids is 1. The number of halogens is 1. The number of carbonyl (C=O) groups excluding carboxylic acids is 3. The summed E-state index contributed by atoms with van der Waals surface area (Å²) in [6, 6.07) is 6.53. The summed E-state index contributed by atoms with van der Waals surface area (Å²) in [5.41, 5.74) is 3.14. The van der Waals surface area contributed by atoms with Gasteiger partial charge in [-0.1, -0.05) is 30.3 Å².